The smallest absolute Gasteiger partial charge is 0.565 e. The van der Waals surface area contributed by atoms with Gasteiger partial charge in [0.2, 0.25) is 6.16 Å². The molecular formula is CH11NaO8. The molecule has 0 aromatic rings. The van der Waals surface area contributed by atoms with Crippen LogP contribution in [0, 0.1) is 0 Å². The zero-order chi connectivity index (χ0) is 3.58. The number of rotatable bonds is 0. The zero-order valence-corrected chi connectivity index (χ0v) is 7.26. The molecule has 0 saturated heterocycles. The maximum atomic E-state index is 8.44. The Morgan fingerprint density at radius 1 is 1.00 bits per heavy atom. The molecule has 0 heterocycles. The van der Waals surface area contributed by atoms with Gasteiger partial charge in [-0.2, -0.15) is 0 Å². The first-order valence-electron chi connectivity index (χ1n) is 0.632. The van der Waals surface area contributed by atoms with E-state index in [0.717, 1.165) is 0 Å². The van der Waals surface area contributed by atoms with Crippen LogP contribution in [-0.2, 0) is 0 Å². The molecular weight excluding hydrogens is 163 g/mol. The number of hydrogen-bond acceptors (Lipinski definition) is 2. The van der Waals surface area contributed by atoms with Crippen molar-refractivity contribution in [3.05, 3.63) is 0 Å². The van der Waals surface area contributed by atoms with Crippen LogP contribution in [0.5, 0.6) is 0 Å². The van der Waals surface area contributed by atoms with Gasteiger partial charge in [-0.1, -0.05) is 0 Å². The van der Waals surface area contributed by atoms with E-state index in [1.165, 1.54) is 0 Å². The molecule has 0 aromatic carbocycles. The first-order chi connectivity index (χ1) is 1.73. The Hall–Kier alpha value is 0.0700. The van der Waals surface area contributed by atoms with Gasteiger partial charge < -0.3 is 42.4 Å². The summed E-state index contributed by atoms with van der Waals surface area (Å²) in [5.41, 5.74) is 0. The average Bonchev–Trinajstić information content (AvgIpc) is 0.811. The molecule has 9 heteroatoms. The largest absolute Gasteiger partial charge is 1.00 e. The molecule has 0 aliphatic carbocycles. The summed E-state index contributed by atoms with van der Waals surface area (Å²) in [6.45, 7) is 0. The van der Waals surface area contributed by atoms with Gasteiger partial charge in [0.25, 0.3) is 0 Å². The molecule has 0 aromatic heterocycles. The minimum absolute atomic E-state index is 0. The van der Waals surface area contributed by atoms with Crippen molar-refractivity contribution in [1.29, 1.82) is 0 Å². The molecule has 0 unspecified atom stereocenters. The van der Waals surface area contributed by atoms with Gasteiger partial charge in [0, 0.05) is 0 Å². The predicted octanol–water partition coefficient (Wildman–Crippen LogP) is -8.23. The summed E-state index contributed by atoms with van der Waals surface area (Å²) < 4.78 is 0. The molecule has 10 heavy (non-hydrogen) atoms. The van der Waals surface area contributed by atoms with E-state index >= 15 is 0 Å². The van der Waals surface area contributed by atoms with E-state index in [0.29, 0.717) is 0 Å². The molecule has 11 N–H and O–H groups in total. The maximum Gasteiger partial charge on any atom is 1.00 e. The second-order valence-corrected chi connectivity index (χ2v) is 0.266. The van der Waals surface area contributed by atoms with Gasteiger partial charge in [-0.05, 0) is 0 Å². The third-order valence-electron chi connectivity index (χ3n) is 0. The van der Waals surface area contributed by atoms with Gasteiger partial charge >= 0.3 is 29.6 Å². The Bertz CT molecular complexity index is 32.2. The molecule has 0 aliphatic heterocycles. The van der Waals surface area contributed by atoms with Crippen molar-refractivity contribution >= 4 is 6.16 Å². The van der Waals surface area contributed by atoms with Crippen molar-refractivity contribution in [2.75, 3.05) is 0 Å². The quantitative estimate of drug-likeness (QED) is 0.353. The van der Waals surface area contributed by atoms with Crippen LogP contribution in [0.25, 0.3) is 0 Å². The number of carbonyl (C=O) groups is 1. The third-order valence-corrected chi connectivity index (χ3v) is 0. The second-order valence-electron chi connectivity index (χ2n) is 0.266. The van der Waals surface area contributed by atoms with Crippen LogP contribution >= 0.6 is 0 Å². The van der Waals surface area contributed by atoms with Crippen molar-refractivity contribution in [2.45, 2.75) is 0 Å². The van der Waals surface area contributed by atoms with Gasteiger partial charge in [-0.15, -0.1) is 0 Å². The van der Waals surface area contributed by atoms with Crippen molar-refractivity contribution in [2.24, 2.45) is 0 Å². The van der Waals surface area contributed by atoms with Gasteiger partial charge in [0.1, 0.15) is 0 Å². The van der Waals surface area contributed by atoms with Gasteiger partial charge in [-0.25, -0.2) is 0 Å². The fourth-order valence-electron chi connectivity index (χ4n) is 0. The minimum atomic E-state index is -2.08. The molecule has 8 nitrogen and oxygen atoms in total. The molecule has 0 radical (unpaired) electrons. The molecule has 0 bridgehead atoms. The summed E-state index contributed by atoms with van der Waals surface area (Å²) in [7, 11) is 0. The van der Waals surface area contributed by atoms with Crippen LogP contribution in [-0.4, -0.2) is 38.6 Å². The Kier molecular flexibility index (Phi) is 551. The van der Waals surface area contributed by atoms with Gasteiger partial charge in [0.05, 0.1) is 0 Å². The molecule has 0 aliphatic rings. The average molecular weight is 174 g/mol. The summed E-state index contributed by atoms with van der Waals surface area (Å²) in [5.74, 6) is 0. The molecule has 0 rings (SSSR count). The SMILES string of the molecule is O.O.O.O.O.O=C([O-])O.[Na+]. The normalized spacial score (nSPS) is 2.40. The van der Waals surface area contributed by atoms with E-state index in [1.54, 1.807) is 0 Å². The van der Waals surface area contributed by atoms with Crippen molar-refractivity contribution < 1.29 is 71.9 Å². The first-order valence-corrected chi connectivity index (χ1v) is 0.632. The van der Waals surface area contributed by atoms with Gasteiger partial charge in [-0.3, -0.25) is 0 Å². The Balaban J connectivity index is -0.00000000300. The van der Waals surface area contributed by atoms with Gasteiger partial charge in [0.15, 0.2) is 0 Å². The van der Waals surface area contributed by atoms with E-state index in [2.05, 4.69) is 0 Å². The predicted molar refractivity (Wildman–Crippen MR) is 26.1 cm³/mol. The topological polar surface area (TPSA) is 218 Å². The molecule has 0 saturated carbocycles. The fourth-order valence-corrected chi connectivity index (χ4v) is 0. The van der Waals surface area contributed by atoms with E-state index < -0.39 is 6.16 Å². The maximum absolute atomic E-state index is 8.44. The molecule has 0 amide bonds. The third kappa shape index (κ3) is 82300. The van der Waals surface area contributed by atoms with E-state index in [9.17, 15) is 0 Å². The van der Waals surface area contributed by atoms with Crippen molar-refractivity contribution in [3.63, 3.8) is 0 Å². The minimum Gasteiger partial charge on any atom is -0.565 e. The number of hydrogen-bond donors (Lipinski definition) is 1. The van der Waals surface area contributed by atoms with Crippen LogP contribution < -0.4 is 34.7 Å². The molecule has 64 valence electrons. The summed E-state index contributed by atoms with van der Waals surface area (Å²) in [5, 5.41) is 15.3. The fraction of sp³-hybridized carbons (Fsp3) is 0. The van der Waals surface area contributed by atoms with Crippen LogP contribution in [0.1, 0.15) is 0 Å². The Morgan fingerprint density at radius 2 is 1.00 bits per heavy atom. The first kappa shape index (κ1) is 87.9. The van der Waals surface area contributed by atoms with E-state index in [-0.39, 0.29) is 56.9 Å². The van der Waals surface area contributed by atoms with E-state index in [4.69, 9.17) is 15.0 Å². The zero-order valence-electron chi connectivity index (χ0n) is 5.26. The molecule has 0 atom stereocenters. The van der Waals surface area contributed by atoms with E-state index in [1.807, 2.05) is 0 Å². The van der Waals surface area contributed by atoms with Crippen molar-refractivity contribution in [1.82, 2.24) is 0 Å². The molecule has 0 spiro atoms. The Morgan fingerprint density at radius 3 is 1.00 bits per heavy atom. The van der Waals surface area contributed by atoms with Crippen LogP contribution in [0.15, 0.2) is 0 Å². The summed E-state index contributed by atoms with van der Waals surface area (Å²) in [6.07, 6.45) is -2.08. The standard InChI is InChI=1S/CH2O3.Na.5H2O/c2-1(3)4;;;;;;/h(H2,2,3,4);;5*1H2/q;+1;;;;;/p-1. The van der Waals surface area contributed by atoms with Crippen LogP contribution in [0.3, 0.4) is 0 Å². The summed E-state index contributed by atoms with van der Waals surface area (Å²) in [6, 6.07) is 0. The van der Waals surface area contributed by atoms with Crippen LogP contribution in [0.2, 0.25) is 0 Å². The summed E-state index contributed by atoms with van der Waals surface area (Å²) >= 11 is 0. The molecule has 0 fully saturated rings. The summed E-state index contributed by atoms with van der Waals surface area (Å²) in [4.78, 5) is 8.44. The number of carboxylic acid groups (broad SMARTS) is 2. The van der Waals surface area contributed by atoms with Crippen molar-refractivity contribution in [3.8, 4) is 0 Å². The van der Waals surface area contributed by atoms with Crippen LogP contribution in [0.4, 0.5) is 4.79 Å². The Labute approximate surface area is 78.3 Å². The second kappa shape index (κ2) is 62.7. The monoisotopic (exact) mass is 174 g/mol.